The molecule has 4 rings (SSSR count). The zero-order valence-corrected chi connectivity index (χ0v) is 24.1. The van der Waals surface area contributed by atoms with Gasteiger partial charge in [-0.3, -0.25) is 13.6 Å². The summed E-state index contributed by atoms with van der Waals surface area (Å²) in [6, 6.07) is 0. The van der Waals surface area contributed by atoms with Crippen LogP contribution in [0, 0.1) is 0 Å². The van der Waals surface area contributed by atoms with Crippen LogP contribution in [0.1, 0.15) is 71.1 Å². The van der Waals surface area contributed by atoms with Crippen molar-refractivity contribution in [1.29, 1.82) is 0 Å². The van der Waals surface area contributed by atoms with Crippen molar-refractivity contribution in [3.8, 4) is 0 Å². The van der Waals surface area contributed by atoms with Crippen LogP contribution in [0.5, 0.6) is 0 Å². The first-order valence-corrected chi connectivity index (χ1v) is 15.6. The Morgan fingerprint density at radius 3 is 2.05 bits per heavy atom. The molecule has 2 heterocycles. The fourth-order valence-corrected chi connectivity index (χ4v) is 5.80. The van der Waals surface area contributed by atoms with E-state index in [0.717, 1.165) is 64.2 Å². The number of aromatic nitrogens is 4. The Balaban J connectivity index is 1.28. The molecule has 2 aromatic rings. The topological polar surface area (TPSA) is 185 Å². The maximum atomic E-state index is 13.4. The van der Waals surface area contributed by atoms with Gasteiger partial charge in [0, 0.05) is 0 Å². The molecule has 2 fully saturated rings. The van der Waals surface area contributed by atoms with Gasteiger partial charge in [-0.15, -0.1) is 0 Å². The van der Waals surface area contributed by atoms with Crippen molar-refractivity contribution in [3.63, 3.8) is 0 Å². The number of rotatable bonds is 13. The summed E-state index contributed by atoms with van der Waals surface area (Å²) in [4.78, 5) is 36.4. The maximum absolute atomic E-state index is 13.4. The fourth-order valence-electron chi connectivity index (χ4n) is 4.71. The molecular weight excluding hydrogens is 561 g/mol. The van der Waals surface area contributed by atoms with Crippen molar-refractivity contribution in [3.05, 3.63) is 12.7 Å². The summed E-state index contributed by atoms with van der Waals surface area (Å²) < 4.78 is 51.9. The number of anilines is 1. The van der Waals surface area contributed by atoms with E-state index in [0.29, 0.717) is 11.2 Å². The first-order chi connectivity index (χ1) is 19.8. The van der Waals surface area contributed by atoms with Gasteiger partial charge in [0.25, 0.3) is 0 Å². The third-order valence-electron chi connectivity index (χ3n) is 6.88. The zero-order valence-electron chi connectivity index (χ0n) is 23.2. The number of hydrogen-bond acceptors (Lipinski definition) is 14. The molecule has 41 heavy (non-hydrogen) atoms. The van der Waals surface area contributed by atoms with E-state index in [1.165, 1.54) is 6.33 Å². The standard InChI is InChI=1S/C25H38N5O10P/c1-18(12-30-14-29-21-22(26)27-13-28-23(21)30)36-17-41(33,37-15-34-24(31)39-19-8-4-2-5-9-19)38-16-35-25(32)40-20-10-6-3-7-11-20/h13-14,18-20H,2-12,15-17H2,1H3,(H2,26,27,28)/t18-/m1/s1. The molecule has 16 heteroatoms. The van der Waals surface area contributed by atoms with Crippen molar-refractivity contribution in [2.75, 3.05) is 25.7 Å². The van der Waals surface area contributed by atoms with Crippen LogP contribution < -0.4 is 5.73 Å². The number of ether oxygens (including phenoxy) is 5. The highest BCUT2D eigenvalue weighted by atomic mass is 31.2. The zero-order chi connectivity index (χ0) is 29.1. The summed E-state index contributed by atoms with van der Waals surface area (Å²) in [6.07, 6.45) is 8.71. The lowest BCUT2D eigenvalue weighted by atomic mass is 9.98. The largest absolute Gasteiger partial charge is 0.510 e. The lowest BCUT2D eigenvalue weighted by Crippen LogP contribution is -2.23. The Bertz CT molecular complexity index is 1140. The summed E-state index contributed by atoms with van der Waals surface area (Å²) >= 11 is 0. The summed E-state index contributed by atoms with van der Waals surface area (Å²) in [5.41, 5.74) is 6.80. The second kappa shape index (κ2) is 15.3. The molecule has 2 aromatic heterocycles. The number of nitrogens with two attached hydrogens (primary N) is 1. The van der Waals surface area contributed by atoms with Crippen LogP contribution in [-0.4, -0.2) is 70.1 Å². The van der Waals surface area contributed by atoms with Crippen LogP contribution in [-0.2, 0) is 43.8 Å². The number of nitrogen functional groups attached to an aromatic ring is 1. The van der Waals surface area contributed by atoms with E-state index in [1.807, 2.05) is 0 Å². The number of fused-ring (bicyclic) bond motifs is 1. The lowest BCUT2D eigenvalue weighted by Gasteiger charge is -2.23. The van der Waals surface area contributed by atoms with Crippen LogP contribution >= 0.6 is 7.60 Å². The quantitative estimate of drug-likeness (QED) is 0.186. The van der Waals surface area contributed by atoms with E-state index in [9.17, 15) is 14.2 Å². The summed E-state index contributed by atoms with van der Waals surface area (Å²) in [5, 5.41) is 0. The number of carbonyl (C=O) groups is 2. The molecule has 0 bridgehead atoms. The van der Waals surface area contributed by atoms with Crippen LogP contribution in [0.3, 0.4) is 0 Å². The van der Waals surface area contributed by atoms with E-state index in [4.69, 9.17) is 38.5 Å². The Kier molecular flexibility index (Phi) is 11.5. The molecule has 0 unspecified atom stereocenters. The van der Waals surface area contributed by atoms with E-state index in [2.05, 4.69) is 15.0 Å². The maximum Gasteiger partial charge on any atom is 0.510 e. The summed E-state index contributed by atoms with van der Waals surface area (Å²) in [5.74, 6) is 0.248. The average Bonchev–Trinajstić information content (AvgIpc) is 3.37. The van der Waals surface area contributed by atoms with Crippen LogP contribution in [0.25, 0.3) is 11.2 Å². The first kappa shape index (κ1) is 30.9. The van der Waals surface area contributed by atoms with Gasteiger partial charge < -0.3 is 34.0 Å². The minimum Gasteiger partial charge on any atom is -0.431 e. The van der Waals surface area contributed by atoms with Gasteiger partial charge in [-0.25, -0.2) is 24.5 Å². The van der Waals surface area contributed by atoms with Crippen molar-refractivity contribution in [2.45, 2.75) is 96.0 Å². The van der Waals surface area contributed by atoms with Gasteiger partial charge in [0.2, 0.25) is 13.6 Å². The Labute approximate surface area is 237 Å². The highest BCUT2D eigenvalue weighted by Crippen LogP contribution is 2.48. The Hall–Kier alpha value is -3.00. The fraction of sp³-hybridized carbons (Fsp3) is 0.720. The smallest absolute Gasteiger partial charge is 0.431 e. The SMILES string of the molecule is C[C@H](Cn1cnc2c(N)ncnc21)OCP(=O)(OCOC(=O)OC1CCCCC1)OCOC(=O)OC1CCCCC1. The molecule has 2 N–H and O–H groups in total. The van der Waals surface area contributed by atoms with Gasteiger partial charge in [0.1, 0.15) is 30.4 Å². The van der Waals surface area contributed by atoms with Gasteiger partial charge in [-0.1, -0.05) is 12.8 Å². The van der Waals surface area contributed by atoms with Crippen LogP contribution in [0.2, 0.25) is 0 Å². The summed E-state index contributed by atoms with van der Waals surface area (Å²) in [6.45, 7) is 0.586. The molecule has 0 saturated heterocycles. The van der Waals surface area contributed by atoms with Gasteiger partial charge in [-0.2, -0.15) is 0 Å². The van der Waals surface area contributed by atoms with E-state index < -0.39 is 45.9 Å². The van der Waals surface area contributed by atoms with E-state index >= 15 is 0 Å². The molecule has 2 aliphatic rings. The molecule has 0 radical (unpaired) electrons. The molecule has 0 aliphatic heterocycles. The van der Waals surface area contributed by atoms with Crippen molar-refractivity contribution in [1.82, 2.24) is 19.5 Å². The van der Waals surface area contributed by atoms with Crippen molar-refractivity contribution < 1.29 is 46.9 Å². The molecule has 0 aromatic carbocycles. The Morgan fingerprint density at radius 2 is 1.49 bits per heavy atom. The third-order valence-corrected chi connectivity index (χ3v) is 8.35. The molecule has 2 saturated carbocycles. The predicted octanol–water partition coefficient (Wildman–Crippen LogP) is 4.88. The van der Waals surface area contributed by atoms with Crippen molar-refractivity contribution >= 4 is 36.9 Å². The molecule has 228 valence electrons. The number of carbonyl (C=O) groups excluding carboxylic acids is 2. The van der Waals surface area contributed by atoms with Gasteiger partial charge in [0.05, 0.1) is 19.0 Å². The second-order valence-corrected chi connectivity index (χ2v) is 12.1. The molecular formula is C25H38N5O10P. The molecule has 15 nitrogen and oxygen atoms in total. The normalized spacial score (nSPS) is 17.7. The lowest BCUT2D eigenvalue weighted by molar-refractivity contribution is -0.0458. The molecule has 1 atom stereocenters. The van der Waals surface area contributed by atoms with Crippen LogP contribution in [0.4, 0.5) is 15.4 Å². The van der Waals surface area contributed by atoms with Gasteiger partial charge in [-0.05, 0) is 58.3 Å². The van der Waals surface area contributed by atoms with E-state index in [1.54, 1.807) is 17.8 Å². The Morgan fingerprint density at radius 1 is 0.927 bits per heavy atom. The second-order valence-electron chi connectivity index (χ2n) is 10.1. The third kappa shape index (κ3) is 9.80. The number of hydrogen-bond donors (Lipinski definition) is 1. The molecule has 2 aliphatic carbocycles. The van der Waals surface area contributed by atoms with Crippen molar-refractivity contribution in [2.24, 2.45) is 0 Å². The first-order valence-electron chi connectivity index (χ1n) is 13.9. The predicted molar refractivity (Wildman–Crippen MR) is 144 cm³/mol. The average molecular weight is 600 g/mol. The minimum atomic E-state index is -4.08. The monoisotopic (exact) mass is 599 g/mol. The molecule has 0 spiro atoms. The van der Waals surface area contributed by atoms with Gasteiger partial charge >= 0.3 is 19.9 Å². The van der Waals surface area contributed by atoms with Crippen LogP contribution in [0.15, 0.2) is 12.7 Å². The number of imidazole rings is 1. The molecule has 0 amide bonds. The highest BCUT2D eigenvalue weighted by molar-refractivity contribution is 7.53. The van der Waals surface area contributed by atoms with E-state index in [-0.39, 0.29) is 24.6 Å². The number of nitrogens with zero attached hydrogens (tertiary/aromatic N) is 4. The minimum absolute atomic E-state index is 0.216. The highest BCUT2D eigenvalue weighted by Gasteiger charge is 2.29. The summed E-state index contributed by atoms with van der Waals surface area (Å²) in [7, 11) is -4.08. The van der Waals surface area contributed by atoms with Gasteiger partial charge in [0.15, 0.2) is 11.5 Å².